The first-order chi connectivity index (χ1) is 13.8. The highest BCUT2D eigenvalue weighted by Crippen LogP contribution is 2.24. The molecule has 2 aromatic rings. The van der Waals surface area contributed by atoms with Crippen molar-refractivity contribution in [3.05, 3.63) is 64.9 Å². The molecule has 0 spiro atoms. The number of halogens is 2. The van der Waals surface area contributed by atoms with Gasteiger partial charge in [0.25, 0.3) is 5.91 Å². The van der Waals surface area contributed by atoms with Gasteiger partial charge in [-0.3, -0.25) is 9.69 Å². The lowest BCUT2D eigenvalue weighted by molar-refractivity contribution is -0.134. The maximum absolute atomic E-state index is 13.4. The summed E-state index contributed by atoms with van der Waals surface area (Å²) in [5, 5.41) is 3.60. The van der Waals surface area contributed by atoms with Crippen LogP contribution in [0.15, 0.2) is 48.5 Å². The van der Waals surface area contributed by atoms with Crippen molar-refractivity contribution in [2.45, 2.75) is 25.5 Å². The van der Waals surface area contributed by atoms with E-state index in [9.17, 15) is 9.18 Å². The molecular formula is C22H26ClFN2O3. The van der Waals surface area contributed by atoms with Gasteiger partial charge in [0.05, 0.1) is 19.3 Å². The van der Waals surface area contributed by atoms with Gasteiger partial charge in [-0.2, -0.15) is 0 Å². The molecule has 0 saturated carbocycles. The Kier molecular flexibility index (Phi) is 7.11. The lowest BCUT2D eigenvalue weighted by Crippen LogP contribution is -2.50. The van der Waals surface area contributed by atoms with E-state index in [1.807, 2.05) is 0 Å². The van der Waals surface area contributed by atoms with Crippen LogP contribution in [0.4, 0.5) is 4.39 Å². The van der Waals surface area contributed by atoms with Crippen LogP contribution in [0.2, 0.25) is 5.02 Å². The van der Waals surface area contributed by atoms with Crippen LogP contribution in [-0.2, 0) is 9.53 Å². The average molecular weight is 421 g/mol. The van der Waals surface area contributed by atoms with Crippen LogP contribution in [-0.4, -0.2) is 49.3 Å². The second-order valence-electron chi connectivity index (χ2n) is 7.49. The topological polar surface area (TPSA) is 50.8 Å². The fourth-order valence-electron chi connectivity index (χ4n) is 3.28. The number of morpholine rings is 1. The lowest BCUT2D eigenvalue weighted by Gasteiger charge is -2.35. The second-order valence-corrected chi connectivity index (χ2v) is 7.93. The Morgan fingerprint density at radius 1 is 1.17 bits per heavy atom. The molecule has 5 nitrogen and oxygen atoms in total. The first-order valence-corrected chi connectivity index (χ1v) is 10.0. The minimum absolute atomic E-state index is 0.0743. The smallest absolute Gasteiger partial charge is 0.263 e. The molecule has 0 unspecified atom stereocenters. The van der Waals surface area contributed by atoms with E-state index in [1.165, 1.54) is 12.1 Å². The van der Waals surface area contributed by atoms with Crippen LogP contribution in [0, 0.1) is 5.82 Å². The summed E-state index contributed by atoms with van der Waals surface area (Å²) in [5.74, 6) is 0.0571. The normalized spacial score (nSPS) is 16.3. The molecule has 1 N–H and O–H groups in total. The minimum atomic E-state index is -1.06. The number of carbonyl (C=O) groups excluding carboxylic acids is 1. The number of nitrogens with zero attached hydrogens (tertiary/aromatic N) is 1. The van der Waals surface area contributed by atoms with Crippen LogP contribution >= 0.6 is 11.6 Å². The van der Waals surface area contributed by atoms with E-state index in [0.29, 0.717) is 30.5 Å². The number of hydrogen-bond donors (Lipinski definition) is 1. The van der Waals surface area contributed by atoms with Crippen molar-refractivity contribution in [2.24, 2.45) is 0 Å². The van der Waals surface area contributed by atoms with Gasteiger partial charge in [-0.05, 0) is 55.8 Å². The Hall–Kier alpha value is -2.15. The highest BCUT2D eigenvalue weighted by molar-refractivity contribution is 6.30. The van der Waals surface area contributed by atoms with Gasteiger partial charge < -0.3 is 14.8 Å². The number of rotatable bonds is 7. The molecule has 0 aromatic heterocycles. The van der Waals surface area contributed by atoms with Crippen LogP contribution in [0.1, 0.15) is 25.5 Å². The van der Waals surface area contributed by atoms with E-state index in [0.717, 1.165) is 18.7 Å². The standard InChI is InChI=1S/C22H26ClFN2O3/c1-22(2,29-19-9-5-17(23)6-10-19)21(27)25-15-20(26-11-13-28-14-12-26)16-3-7-18(24)8-4-16/h3-10,20H,11-15H2,1-2H3,(H,25,27)/t20-/m1/s1. The molecule has 7 heteroatoms. The molecule has 3 rings (SSSR count). The molecule has 1 aliphatic rings. The Labute approximate surface area is 175 Å². The third kappa shape index (κ3) is 5.92. The molecule has 1 saturated heterocycles. The third-order valence-corrected chi connectivity index (χ3v) is 5.18. The zero-order chi connectivity index (χ0) is 20.9. The quantitative estimate of drug-likeness (QED) is 0.739. The summed E-state index contributed by atoms with van der Waals surface area (Å²) in [6.07, 6.45) is 0. The van der Waals surface area contributed by atoms with E-state index in [4.69, 9.17) is 21.1 Å². The van der Waals surface area contributed by atoms with Crippen molar-refractivity contribution in [3.63, 3.8) is 0 Å². The number of ether oxygens (including phenoxy) is 2. The van der Waals surface area contributed by atoms with Gasteiger partial charge in [-0.25, -0.2) is 4.39 Å². The van der Waals surface area contributed by atoms with Crippen molar-refractivity contribution in [3.8, 4) is 5.75 Å². The molecule has 0 radical (unpaired) electrons. The Balaban J connectivity index is 1.67. The number of benzene rings is 2. The molecule has 0 aliphatic carbocycles. The van der Waals surface area contributed by atoms with Gasteiger partial charge in [-0.1, -0.05) is 23.7 Å². The highest BCUT2D eigenvalue weighted by Gasteiger charge is 2.31. The van der Waals surface area contributed by atoms with Gasteiger partial charge in [0, 0.05) is 24.7 Å². The first-order valence-electron chi connectivity index (χ1n) is 9.65. The molecule has 1 fully saturated rings. The van der Waals surface area contributed by atoms with Crippen molar-refractivity contribution in [1.29, 1.82) is 0 Å². The summed E-state index contributed by atoms with van der Waals surface area (Å²) < 4.78 is 24.7. The minimum Gasteiger partial charge on any atom is -0.478 e. The predicted molar refractivity (Wildman–Crippen MR) is 111 cm³/mol. The Morgan fingerprint density at radius 3 is 2.41 bits per heavy atom. The molecule has 1 aliphatic heterocycles. The van der Waals surface area contributed by atoms with E-state index in [2.05, 4.69) is 10.2 Å². The van der Waals surface area contributed by atoms with Crippen molar-refractivity contribution >= 4 is 17.5 Å². The molecule has 156 valence electrons. The Bertz CT molecular complexity index is 806. The third-order valence-electron chi connectivity index (χ3n) is 4.93. The zero-order valence-corrected chi connectivity index (χ0v) is 17.4. The summed E-state index contributed by atoms with van der Waals surface area (Å²) in [6.45, 7) is 6.60. The molecule has 29 heavy (non-hydrogen) atoms. The summed E-state index contributed by atoms with van der Waals surface area (Å²) in [7, 11) is 0. The van der Waals surface area contributed by atoms with Crippen molar-refractivity contribution < 1.29 is 18.7 Å². The molecule has 2 aromatic carbocycles. The fourth-order valence-corrected chi connectivity index (χ4v) is 3.40. The van der Waals surface area contributed by atoms with Crippen LogP contribution < -0.4 is 10.1 Å². The van der Waals surface area contributed by atoms with Crippen LogP contribution in [0.25, 0.3) is 0 Å². The second kappa shape index (κ2) is 9.57. The van der Waals surface area contributed by atoms with Crippen LogP contribution in [0.5, 0.6) is 5.75 Å². The van der Waals surface area contributed by atoms with Crippen molar-refractivity contribution in [2.75, 3.05) is 32.8 Å². The predicted octanol–water partition coefficient (Wildman–Crippen LogP) is 3.83. The van der Waals surface area contributed by atoms with Gasteiger partial charge in [-0.15, -0.1) is 0 Å². The SMILES string of the molecule is CC(C)(Oc1ccc(Cl)cc1)C(=O)NC[C@H](c1ccc(F)cc1)N1CCOCC1. The first kappa shape index (κ1) is 21.6. The van der Waals surface area contributed by atoms with Gasteiger partial charge >= 0.3 is 0 Å². The molecule has 1 atom stereocenters. The average Bonchev–Trinajstić information content (AvgIpc) is 2.71. The zero-order valence-electron chi connectivity index (χ0n) is 16.7. The van der Waals surface area contributed by atoms with Gasteiger partial charge in [0.15, 0.2) is 5.60 Å². The maximum atomic E-state index is 13.4. The summed E-state index contributed by atoms with van der Waals surface area (Å²) in [5.41, 5.74) is -0.114. The lowest BCUT2D eigenvalue weighted by atomic mass is 10.0. The van der Waals surface area contributed by atoms with E-state index < -0.39 is 5.60 Å². The van der Waals surface area contributed by atoms with E-state index >= 15 is 0 Å². The molecular weight excluding hydrogens is 395 g/mol. The molecule has 0 bridgehead atoms. The summed E-state index contributed by atoms with van der Waals surface area (Å²) in [4.78, 5) is 15.1. The number of amides is 1. The van der Waals surface area contributed by atoms with Gasteiger partial charge in [0.2, 0.25) is 0 Å². The Morgan fingerprint density at radius 2 is 1.79 bits per heavy atom. The fraction of sp³-hybridized carbons (Fsp3) is 0.409. The monoisotopic (exact) mass is 420 g/mol. The highest BCUT2D eigenvalue weighted by atomic mass is 35.5. The molecule has 1 amide bonds. The number of hydrogen-bond acceptors (Lipinski definition) is 4. The summed E-state index contributed by atoms with van der Waals surface area (Å²) in [6, 6.07) is 13.2. The van der Waals surface area contributed by atoms with E-state index in [-0.39, 0.29) is 17.8 Å². The van der Waals surface area contributed by atoms with Crippen molar-refractivity contribution in [1.82, 2.24) is 10.2 Å². The largest absolute Gasteiger partial charge is 0.478 e. The van der Waals surface area contributed by atoms with Crippen LogP contribution in [0.3, 0.4) is 0 Å². The number of nitrogens with one attached hydrogen (secondary N) is 1. The molecule has 1 heterocycles. The summed E-state index contributed by atoms with van der Waals surface area (Å²) >= 11 is 5.90. The number of carbonyl (C=O) groups is 1. The maximum Gasteiger partial charge on any atom is 0.263 e. The van der Waals surface area contributed by atoms with Gasteiger partial charge in [0.1, 0.15) is 11.6 Å². The van der Waals surface area contributed by atoms with E-state index in [1.54, 1.807) is 50.2 Å².